The van der Waals surface area contributed by atoms with Gasteiger partial charge in [-0.15, -0.1) is 24.0 Å². The van der Waals surface area contributed by atoms with Gasteiger partial charge in [-0.25, -0.2) is 0 Å². The number of halogens is 1. The Labute approximate surface area is 168 Å². The quantitative estimate of drug-likeness (QED) is 0.368. The molecule has 1 aliphatic heterocycles. The van der Waals surface area contributed by atoms with Crippen molar-refractivity contribution >= 4 is 41.7 Å². The van der Waals surface area contributed by atoms with Gasteiger partial charge >= 0.3 is 0 Å². The topological polar surface area (TPSA) is 45.7 Å². The second-order valence-electron chi connectivity index (χ2n) is 7.97. The van der Waals surface area contributed by atoms with Gasteiger partial charge in [-0.2, -0.15) is 11.8 Å². The lowest BCUT2D eigenvalue weighted by atomic mass is 9.54. The molecule has 0 aromatic rings. The van der Waals surface area contributed by atoms with Gasteiger partial charge in [-0.1, -0.05) is 12.8 Å². The van der Waals surface area contributed by atoms with Crippen LogP contribution in [0.25, 0.3) is 0 Å². The first-order valence-corrected chi connectivity index (χ1v) is 10.5. The standard InChI is InChI=1S/C18H33N3OS.HI/c1-5-19-16(20-12-17(2,3)23-4)21-14-13-8-11-22-15(13)18(14)9-6-7-10-18;/h13-15H,5-12H2,1-4H3,(H2,19,20,21);1H. The molecule has 2 N–H and O–H groups in total. The average Bonchev–Trinajstić information content (AvgIpc) is 3.18. The maximum atomic E-state index is 6.09. The summed E-state index contributed by atoms with van der Waals surface area (Å²) in [6.07, 6.45) is 9.24. The van der Waals surface area contributed by atoms with Gasteiger partial charge in [0.05, 0.1) is 12.6 Å². The summed E-state index contributed by atoms with van der Waals surface area (Å²) in [5.74, 6) is 1.68. The van der Waals surface area contributed by atoms with E-state index in [9.17, 15) is 0 Å². The van der Waals surface area contributed by atoms with Crippen molar-refractivity contribution in [3.05, 3.63) is 0 Å². The molecule has 6 heteroatoms. The maximum Gasteiger partial charge on any atom is 0.191 e. The van der Waals surface area contributed by atoms with Gasteiger partial charge in [0.25, 0.3) is 0 Å². The average molecular weight is 467 g/mol. The van der Waals surface area contributed by atoms with E-state index in [-0.39, 0.29) is 28.7 Å². The largest absolute Gasteiger partial charge is 0.377 e. The van der Waals surface area contributed by atoms with Crippen LogP contribution in [0.1, 0.15) is 52.9 Å². The fourth-order valence-electron chi connectivity index (χ4n) is 4.71. The van der Waals surface area contributed by atoms with Crippen molar-refractivity contribution < 1.29 is 4.74 Å². The molecule has 1 spiro atoms. The van der Waals surface area contributed by atoms with E-state index in [4.69, 9.17) is 9.73 Å². The third-order valence-corrected chi connectivity index (χ3v) is 7.33. The summed E-state index contributed by atoms with van der Waals surface area (Å²) in [5.41, 5.74) is 0.381. The highest BCUT2D eigenvalue weighted by Crippen LogP contribution is 2.60. The van der Waals surface area contributed by atoms with Gasteiger partial charge in [0, 0.05) is 35.3 Å². The van der Waals surface area contributed by atoms with Crippen molar-refractivity contribution in [2.75, 3.05) is 26.0 Å². The second-order valence-corrected chi connectivity index (χ2v) is 9.48. The van der Waals surface area contributed by atoms with Gasteiger partial charge < -0.3 is 15.4 Å². The third-order valence-electron chi connectivity index (χ3n) is 6.09. The lowest BCUT2D eigenvalue weighted by molar-refractivity contribution is -0.125. The maximum absolute atomic E-state index is 6.09. The van der Waals surface area contributed by atoms with E-state index in [1.165, 1.54) is 32.1 Å². The minimum Gasteiger partial charge on any atom is -0.377 e. The lowest BCUT2D eigenvalue weighted by Crippen LogP contribution is -2.69. The van der Waals surface area contributed by atoms with Crippen LogP contribution in [0.4, 0.5) is 0 Å². The molecule has 3 aliphatic rings. The van der Waals surface area contributed by atoms with Crippen molar-refractivity contribution in [1.82, 2.24) is 10.6 Å². The molecule has 3 atom stereocenters. The van der Waals surface area contributed by atoms with Crippen molar-refractivity contribution in [1.29, 1.82) is 0 Å². The Kier molecular flexibility index (Phi) is 7.16. The summed E-state index contributed by atoms with van der Waals surface area (Å²) in [6, 6.07) is 0.549. The highest BCUT2D eigenvalue weighted by molar-refractivity contribution is 14.0. The van der Waals surface area contributed by atoms with E-state index in [1.807, 2.05) is 11.8 Å². The van der Waals surface area contributed by atoms with Crippen LogP contribution in [0.15, 0.2) is 4.99 Å². The van der Waals surface area contributed by atoms with E-state index < -0.39 is 0 Å². The van der Waals surface area contributed by atoms with Gasteiger partial charge in [0.15, 0.2) is 5.96 Å². The zero-order chi connectivity index (χ0) is 16.5. The monoisotopic (exact) mass is 467 g/mol. The van der Waals surface area contributed by atoms with Crippen LogP contribution in [0, 0.1) is 11.3 Å². The molecule has 0 aromatic heterocycles. The molecule has 0 amide bonds. The summed E-state index contributed by atoms with van der Waals surface area (Å²) in [7, 11) is 0. The van der Waals surface area contributed by atoms with Crippen molar-refractivity contribution in [3.63, 3.8) is 0 Å². The van der Waals surface area contributed by atoms with Crippen LogP contribution in [0.5, 0.6) is 0 Å². The minimum atomic E-state index is 0. The molecular weight excluding hydrogens is 433 g/mol. The summed E-state index contributed by atoms with van der Waals surface area (Å²) >= 11 is 1.88. The number of thioether (sulfide) groups is 1. The SMILES string of the molecule is CCNC(=NCC(C)(C)SC)NC1C2CCOC2C12CCCC2.I. The number of rotatable bonds is 5. The fraction of sp³-hybridized carbons (Fsp3) is 0.944. The Hall–Kier alpha value is 0.310. The zero-order valence-corrected chi connectivity index (χ0v) is 18.7. The predicted octanol–water partition coefficient (Wildman–Crippen LogP) is 3.65. The molecule has 3 rings (SSSR count). The molecule has 1 saturated heterocycles. The number of nitrogens with zero attached hydrogens (tertiary/aromatic N) is 1. The molecule has 2 aliphatic carbocycles. The summed E-state index contributed by atoms with van der Waals surface area (Å²) in [6.45, 7) is 9.36. The molecule has 24 heavy (non-hydrogen) atoms. The Bertz CT molecular complexity index is 452. The molecule has 140 valence electrons. The highest BCUT2D eigenvalue weighted by atomic mass is 127. The highest BCUT2D eigenvalue weighted by Gasteiger charge is 2.65. The van der Waals surface area contributed by atoms with Crippen LogP contribution in [0.3, 0.4) is 0 Å². The van der Waals surface area contributed by atoms with E-state index in [0.29, 0.717) is 23.5 Å². The van der Waals surface area contributed by atoms with Crippen molar-refractivity contribution in [2.45, 2.75) is 69.8 Å². The predicted molar refractivity (Wildman–Crippen MR) is 115 cm³/mol. The Morgan fingerprint density at radius 2 is 2.04 bits per heavy atom. The molecule has 3 fully saturated rings. The Balaban J connectivity index is 0.00000208. The number of guanidine groups is 1. The van der Waals surface area contributed by atoms with Gasteiger partial charge in [0.1, 0.15) is 0 Å². The summed E-state index contributed by atoms with van der Waals surface area (Å²) in [4.78, 5) is 4.88. The van der Waals surface area contributed by atoms with Gasteiger partial charge in [-0.05, 0) is 46.3 Å². The zero-order valence-electron chi connectivity index (χ0n) is 15.6. The van der Waals surface area contributed by atoms with Gasteiger partial charge in [0.2, 0.25) is 0 Å². The van der Waals surface area contributed by atoms with E-state index in [2.05, 4.69) is 37.7 Å². The van der Waals surface area contributed by atoms with Crippen molar-refractivity contribution in [3.8, 4) is 0 Å². The molecule has 0 bridgehead atoms. The number of nitrogens with one attached hydrogen (secondary N) is 2. The molecule has 4 nitrogen and oxygen atoms in total. The molecule has 0 radical (unpaired) electrons. The number of hydrogen-bond acceptors (Lipinski definition) is 3. The lowest BCUT2D eigenvalue weighted by Gasteiger charge is -2.57. The fourth-order valence-corrected chi connectivity index (χ4v) is 4.90. The third kappa shape index (κ3) is 3.85. The first-order chi connectivity index (χ1) is 11.0. The van der Waals surface area contributed by atoms with Crippen molar-refractivity contribution in [2.24, 2.45) is 16.3 Å². The van der Waals surface area contributed by atoms with E-state index in [1.54, 1.807) is 0 Å². The summed E-state index contributed by atoms with van der Waals surface area (Å²) in [5, 5.41) is 7.26. The summed E-state index contributed by atoms with van der Waals surface area (Å²) < 4.78 is 6.28. The van der Waals surface area contributed by atoms with Crippen LogP contribution in [-0.4, -0.2) is 48.8 Å². The Morgan fingerprint density at radius 3 is 2.67 bits per heavy atom. The molecular formula is C18H34IN3OS. The Morgan fingerprint density at radius 1 is 1.33 bits per heavy atom. The molecule has 0 aromatic carbocycles. The van der Waals surface area contributed by atoms with Crippen LogP contribution in [0.2, 0.25) is 0 Å². The smallest absolute Gasteiger partial charge is 0.191 e. The number of aliphatic imine (C=N–C) groups is 1. The van der Waals surface area contributed by atoms with E-state index in [0.717, 1.165) is 25.7 Å². The molecule has 1 heterocycles. The minimum absolute atomic E-state index is 0. The number of hydrogen-bond donors (Lipinski definition) is 2. The number of fused-ring (bicyclic) bond motifs is 2. The second kappa shape index (κ2) is 8.33. The molecule has 2 saturated carbocycles. The normalized spacial score (nSPS) is 31.3. The van der Waals surface area contributed by atoms with Crippen LogP contribution < -0.4 is 10.6 Å². The van der Waals surface area contributed by atoms with Crippen LogP contribution >= 0.6 is 35.7 Å². The van der Waals surface area contributed by atoms with Gasteiger partial charge in [-0.3, -0.25) is 4.99 Å². The first-order valence-electron chi connectivity index (χ1n) is 9.24. The number of ether oxygens (including phenoxy) is 1. The van der Waals surface area contributed by atoms with Crippen LogP contribution in [-0.2, 0) is 4.74 Å². The molecule has 3 unspecified atom stereocenters. The first kappa shape index (κ1) is 20.6. The van der Waals surface area contributed by atoms with E-state index >= 15 is 0 Å².